The zero-order chi connectivity index (χ0) is 31.4. The Morgan fingerprint density at radius 3 is 1.76 bits per heavy atom. The average molecular weight is 609 g/mol. The summed E-state index contributed by atoms with van der Waals surface area (Å²) >= 11 is 0. The SMILES string of the molecule is C=C(C)[C@H]1C[C@@H](O[Si](C)(C)C(C)(C)C)[C@H](C)C[C@@H]1c1c(OCOC)cc(CO[Si](C)(C)C(C)(C)C)cc1OCOC. The van der Waals surface area contributed by atoms with Crippen LogP contribution in [0.4, 0.5) is 0 Å². The third kappa shape index (κ3) is 9.16. The van der Waals surface area contributed by atoms with E-state index in [9.17, 15) is 0 Å². The molecule has 1 fully saturated rings. The highest BCUT2D eigenvalue weighted by Gasteiger charge is 2.45. The predicted molar refractivity (Wildman–Crippen MR) is 175 cm³/mol. The van der Waals surface area contributed by atoms with Crippen molar-refractivity contribution in [1.82, 2.24) is 0 Å². The van der Waals surface area contributed by atoms with E-state index in [1.54, 1.807) is 14.2 Å². The summed E-state index contributed by atoms with van der Waals surface area (Å²) in [6.45, 7) is 32.6. The molecule has 2 rings (SSSR count). The van der Waals surface area contributed by atoms with Crippen molar-refractivity contribution < 1.29 is 27.8 Å². The van der Waals surface area contributed by atoms with Gasteiger partial charge in [0.05, 0.1) is 6.61 Å². The van der Waals surface area contributed by atoms with Gasteiger partial charge >= 0.3 is 0 Å². The fourth-order valence-corrected chi connectivity index (χ4v) is 7.41. The van der Waals surface area contributed by atoms with Crippen molar-refractivity contribution in [1.29, 1.82) is 0 Å². The largest absolute Gasteiger partial charge is 0.467 e. The number of methoxy groups -OCH3 is 2. The van der Waals surface area contributed by atoms with E-state index in [1.807, 2.05) is 0 Å². The molecular formula is C33H60O6Si2. The van der Waals surface area contributed by atoms with Crippen LogP contribution in [0.15, 0.2) is 24.3 Å². The molecule has 0 saturated heterocycles. The molecule has 0 aromatic heterocycles. The molecule has 1 aromatic carbocycles. The third-order valence-electron chi connectivity index (χ3n) is 9.72. The monoisotopic (exact) mass is 608 g/mol. The van der Waals surface area contributed by atoms with Crippen molar-refractivity contribution in [2.45, 2.75) is 123 Å². The van der Waals surface area contributed by atoms with Crippen molar-refractivity contribution in [2.75, 3.05) is 27.8 Å². The van der Waals surface area contributed by atoms with Crippen LogP contribution in [-0.4, -0.2) is 50.5 Å². The van der Waals surface area contributed by atoms with Crippen LogP contribution in [-0.2, 0) is 24.9 Å². The van der Waals surface area contributed by atoms with Crippen LogP contribution in [0.1, 0.15) is 85.3 Å². The topological polar surface area (TPSA) is 55.4 Å². The Bertz CT molecular complexity index is 979. The Kier molecular flexibility index (Phi) is 12.4. The molecule has 236 valence electrons. The fourth-order valence-electron chi connectivity index (χ4n) is 5.01. The molecule has 0 amide bonds. The van der Waals surface area contributed by atoms with Crippen molar-refractivity contribution in [3.8, 4) is 11.5 Å². The van der Waals surface area contributed by atoms with E-state index in [2.05, 4.69) is 100 Å². The first kappa shape index (κ1) is 36.0. The van der Waals surface area contributed by atoms with Gasteiger partial charge in [-0.15, -0.1) is 0 Å². The van der Waals surface area contributed by atoms with Gasteiger partial charge < -0.3 is 27.8 Å². The number of ether oxygens (including phenoxy) is 4. The summed E-state index contributed by atoms with van der Waals surface area (Å²) in [5.41, 5.74) is 3.23. The van der Waals surface area contributed by atoms with Gasteiger partial charge in [0.1, 0.15) is 11.5 Å². The summed E-state index contributed by atoms with van der Waals surface area (Å²) in [4.78, 5) is 0. The van der Waals surface area contributed by atoms with Crippen LogP contribution in [0.5, 0.6) is 11.5 Å². The van der Waals surface area contributed by atoms with Crippen LogP contribution in [0.25, 0.3) is 0 Å². The molecule has 1 aromatic rings. The summed E-state index contributed by atoms with van der Waals surface area (Å²) in [5, 5.41) is 0.278. The first-order valence-corrected chi connectivity index (χ1v) is 20.9. The number of hydrogen-bond donors (Lipinski definition) is 0. The second-order valence-electron chi connectivity index (χ2n) is 15.1. The predicted octanol–water partition coefficient (Wildman–Crippen LogP) is 9.27. The van der Waals surface area contributed by atoms with Gasteiger partial charge in [0, 0.05) is 25.9 Å². The molecule has 0 radical (unpaired) electrons. The molecule has 4 atom stereocenters. The van der Waals surface area contributed by atoms with Crippen LogP contribution < -0.4 is 9.47 Å². The molecule has 0 N–H and O–H groups in total. The smallest absolute Gasteiger partial charge is 0.192 e. The first-order chi connectivity index (χ1) is 18.8. The van der Waals surface area contributed by atoms with Crippen LogP contribution in [0, 0.1) is 11.8 Å². The minimum Gasteiger partial charge on any atom is -0.467 e. The van der Waals surface area contributed by atoms with Gasteiger partial charge in [-0.1, -0.05) is 60.6 Å². The number of benzene rings is 1. The third-order valence-corrected chi connectivity index (χ3v) is 18.7. The van der Waals surface area contributed by atoms with E-state index < -0.39 is 16.6 Å². The molecule has 1 aliphatic carbocycles. The lowest BCUT2D eigenvalue weighted by molar-refractivity contribution is 0.0372. The number of rotatable bonds is 13. The Hall–Kier alpha value is -1.17. The van der Waals surface area contributed by atoms with Gasteiger partial charge in [0.25, 0.3) is 0 Å². The summed E-state index contributed by atoms with van der Waals surface area (Å²) < 4.78 is 36.9. The van der Waals surface area contributed by atoms with Gasteiger partial charge in [0.15, 0.2) is 30.2 Å². The van der Waals surface area contributed by atoms with Crippen molar-refractivity contribution in [2.24, 2.45) is 11.8 Å². The minimum absolute atomic E-state index is 0.119. The van der Waals surface area contributed by atoms with E-state index in [1.165, 1.54) is 0 Å². The molecule has 0 spiro atoms. The van der Waals surface area contributed by atoms with Gasteiger partial charge in [-0.3, -0.25) is 0 Å². The maximum atomic E-state index is 7.00. The Morgan fingerprint density at radius 2 is 1.34 bits per heavy atom. The summed E-state index contributed by atoms with van der Waals surface area (Å²) in [6, 6.07) is 4.22. The van der Waals surface area contributed by atoms with Gasteiger partial charge in [0.2, 0.25) is 0 Å². The maximum absolute atomic E-state index is 7.00. The first-order valence-electron chi connectivity index (χ1n) is 15.1. The lowest BCUT2D eigenvalue weighted by atomic mass is 9.67. The lowest BCUT2D eigenvalue weighted by Crippen LogP contribution is -2.48. The summed E-state index contributed by atoms with van der Waals surface area (Å²) in [6.07, 6.45) is 2.07. The van der Waals surface area contributed by atoms with Crippen molar-refractivity contribution in [3.05, 3.63) is 35.4 Å². The molecule has 1 aliphatic rings. The highest BCUT2D eigenvalue weighted by molar-refractivity contribution is 6.74. The molecular weight excluding hydrogens is 549 g/mol. The van der Waals surface area contributed by atoms with Crippen LogP contribution >= 0.6 is 0 Å². The molecule has 8 heteroatoms. The zero-order valence-corrected chi connectivity index (χ0v) is 30.7. The second kappa shape index (κ2) is 14.1. The maximum Gasteiger partial charge on any atom is 0.192 e. The molecule has 0 heterocycles. The molecule has 0 aliphatic heterocycles. The molecule has 0 unspecified atom stereocenters. The normalized spacial score (nSPS) is 22.5. The second-order valence-corrected chi connectivity index (χ2v) is 24.6. The van der Waals surface area contributed by atoms with Crippen molar-refractivity contribution in [3.63, 3.8) is 0 Å². The van der Waals surface area contributed by atoms with E-state index >= 15 is 0 Å². The summed E-state index contributed by atoms with van der Waals surface area (Å²) in [5.74, 6) is 2.32. The minimum atomic E-state index is -1.95. The van der Waals surface area contributed by atoms with E-state index in [0.717, 1.165) is 41.0 Å². The van der Waals surface area contributed by atoms with Crippen LogP contribution in [0.3, 0.4) is 0 Å². The zero-order valence-electron chi connectivity index (χ0n) is 28.7. The highest BCUT2D eigenvalue weighted by Crippen LogP contribution is 2.52. The van der Waals surface area contributed by atoms with Gasteiger partial charge in [-0.2, -0.15) is 0 Å². The molecule has 1 saturated carbocycles. The van der Waals surface area contributed by atoms with E-state index in [-0.39, 0.29) is 41.6 Å². The Labute approximate surface area is 253 Å². The summed E-state index contributed by atoms with van der Waals surface area (Å²) in [7, 11) is -0.579. The standard InChI is InChI=1S/C33H60O6Si2/c1-23(2)26-19-28(39-41(14,15)33(7,8)9)24(3)16-27(26)31-29(36-21-34-10)17-25(18-30(31)37-22-35-11)20-38-40(12,13)32(4,5)6/h17-18,24,26-28H,1,16,19-22H2,2-15H3/t24-,26-,27+,28-/m1/s1. The molecule has 6 nitrogen and oxygen atoms in total. The molecule has 41 heavy (non-hydrogen) atoms. The number of hydrogen-bond acceptors (Lipinski definition) is 6. The lowest BCUT2D eigenvalue weighted by Gasteiger charge is -2.46. The Morgan fingerprint density at radius 1 is 0.854 bits per heavy atom. The van der Waals surface area contributed by atoms with E-state index in [0.29, 0.717) is 12.5 Å². The average Bonchev–Trinajstić information content (AvgIpc) is 2.84. The van der Waals surface area contributed by atoms with Gasteiger partial charge in [-0.05, 0) is 91.5 Å². The quantitative estimate of drug-likeness (QED) is 0.126. The molecule has 0 bridgehead atoms. The van der Waals surface area contributed by atoms with Crippen LogP contribution in [0.2, 0.25) is 36.3 Å². The fraction of sp³-hybridized carbons (Fsp3) is 0.758. The number of allylic oxidation sites excluding steroid dienone is 1. The van der Waals surface area contributed by atoms with Crippen molar-refractivity contribution >= 4 is 16.6 Å². The van der Waals surface area contributed by atoms with Gasteiger partial charge in [-0.25, -0.2) is 0 Å². The Balaban J connectivity index is 2.56. The van der Waals surface area contributed by atoms with E-state index in [4.69, 9.17) is 27.8 Å². The highest BCUT2D eigenvalue weighted by atomic mass is 28.4.